The Bertz CT molecular complexity index is 553. The van der Waals surface area contributed by atoms with Crippen LogP contribution < -0.4 is 0 Å². The first-order valence-electron chi connectivity index (χ1n) is 7.51. The molecule has 0 spiro atoms. The van der Waals surface area contributed by atoms with E-state index in [2.05, 4.69) is 0 Å². The van der Waals surface area contributed by atoms with Crippen molar-refractivity contribution in [3.63, 3.8) is 0 Å². The smallest absolute Gasteiger partial charge is 0.264 e. The highest BCUT2D eigenvalue weighted by atomic mass is 32.1. The highest BCUT2D eigenvalue weighted by molar-refractivity contribution is 7.12. The van der Waals surface area contributed by atoms with Crippen molar-refractivity contribution in [1.82, 2.24) is 9.80 Å². The number of aliphatic hydroxyl groups is 1. The zero-order chi connectivity index (χ0) is 15.9. The van der Waals surface area contributed by atoms with Gasteiger partial charge in [0, 0.05) is 39.0 Å². The molecular weight excluding hydrogens is 310 g/mol. The van der Waals surface area contributed by atoms with Crippen molar-refractivity contribution in [2.75, 3.05) is 26.2 Å². The molecule has 122 valence electrons. The molecule has 0 unspecified atom stereocenters. The second-order valence-corrected chi connectivity index (χ2v) is 7.09. The Morgan fingerprint density at radius 3 is 2.64 bits per heavy atom. The number of alkyl halides is 2. The zero-order valence-corrected chi connectivity index (χ0v) is 13.3. The predicted octanol–water partition coefficient (Wildman–Crippen LogP) is 1.97. The maximum Gasteiger partial charge on any atom is 0.264 e. The summed E-state index contributed by atoms with van der Waals surface area (Å²) in [7, 11) is 0. The number of hydrogen-bond acceptors (Lipinski definition) is 4. The van der Waals surface area contributed by atoms with E-state index in [0.717, 1.165) is 5.56 Å². The van der Waals surface area contributed by atoms with Crippen LogP contribution in [0.4, 0.5) is 8.78 Å². The van der Waals surface area contributed by atoms with Gasteiger partial charge in [0.05, 0.1) is 17.0 Å². The second kappa shape index (κ2) is 5.86. The normalized spacial score (nSPS) is 29.0. The molecule has 1 aromatic heterocycles. The third kappa shape index (κ3) is 3.02. The Morgan fingerprint density at radius 1 is 1.36 bits per heavy atom. The Labute approximate surface area is 132 Å². The molecule has 0 bridgehead atoms. The first-order chi connectivity index (χ1) is 10.4. The van der Waals surface area contributed by atoms with Crippen LogP contribution in [0.3, 0.4) is 0 Å². The number of carbonyl (C=O) groups excluding carboxylic acids is 1. The Morgan fingerprint density at radius 2 is 2.05 bits per heavy atom. The number of aryl methyl sites for hydroxylation is 1. The third-order valence-electron chi connectivity index (χ3n) is 4.60. The summed E-state index contributed by atoms with van der Waals surface area (Å²) in [4.78, 5) is 16.7. The number of aliphatic hydroxyl groups excluding tert-OH is 1. The lowest BCUT2D eigenvalue weighted by atomic mass is 10.0. The van der Waals surface area contributed by atoms with Crippen molar-refractivity contribution in [1.29, 1.82) is 0 Å². The molecule has 0 aromatic carbocycles. The van der Waals surface area contributed by atoms with Crippen LogP contribution in [0.15, 0.2) is 11.4 Å². The molecule has 22 heavy (non-hydrogen) atoms. The first-order valence-corrected chi connectivity index (χ1v) is 8.39. The van der Waals surface area contributed by atoms with Crippen LogP contribution in [0.5, 0.6) is 0 Å². The van der Waals surface area contributed by atoms with E-state index in [-0.39, 0.29) is 44.4 Å². The molecular formula is C15H20F2N2O2S. The van der Waals surface area contributed by atoms with Crippen LogP contribution >= 0.6 is 11.3 Å². The lowest BCUT2D eigenvalue weighted by Gasteiger charge is -2.36. The number of thiophene rings is 1. The van der Waals surface area contributed by atoms with Gasteiger partial charge >= 0.3 is 0 Å². The zero-order valence-electron chi connectivity index (χ0n) is 12.5. The molecule has 2 aliphatic rings. The number of likely N-dealkylation sites (tertiary alicyclic amines) is 2. The maximum atomic E-state index is 13.2. The van der Waals surface area contributed by atoms with Gasteiger partial charge in [-0.25, -0.2) is 8.78 Å². The topological polar surface area (TPSA) is 43.8 Å². The van der Waals surface area contributed by atoms with Gasteiger partial charge in [-0.1, -0.05) is 0 Å². The summed E-state index contributed by atoms with van der Waals surface area (Å²) in [6, 6.07) is 1.66. The van der Waals surface area contributed by atoms with E-state index < -0.39 is 12.0 Å². The van der Waals surface area contributed by atoms with Crippen LogP contribution in [0.1, 0.15) is 28.1 Å². The minimum Gasteiger partial charge on any atom is -0.390 e. The number of amides is 1. The summed E-state index contributed by atoms with van der Waals surface area (Å²) in [5, 5.41) is 12.1. The van der Waals surface area contributed by atoms with Gasteiger partial charge in [0.1, 0.15) is 0 Å². The number of hydrogen-bond donors (Lipinski definition) is 1. The lowest BCUT2D eigenvalue weighted by molar-refractivity contribution is -0.0697. The van der Waals surface area contributed by atoms with Crippen molar-refractivity contribution >= 4 is 17.2 Å². The summed E-state index contributed by atoms with van der Waals surface area (Å²) in [5.74, 6) is -2.67. The number of rotatable bonds is 2. The molecule has 2 saturated heterocycles. The summed E-state index contributed by atoms with van der Waals surface area (Å²) in [6.07, 6.45) is -1.02. The fraction of sp³-hybridized carbons (Fsp3) is 0.667. The maximum absolute atomic E-state index is 13.2. The van der Waals surface area contributed by atoms with Gasteiger partial charge in [-0.3, -0.25) is 9.69 Å². The molecule has 2 fully saturated rings. The van der Waals surface area contributed by atoms with Crippen LogP contribution in [0.2, 0.25) is 0 Å². The van der Waals surface area contributed by atoms with Crippen LogP contribution in [0, 0.1) is 6.92 Å². The summed E-state index contributed by atoms with van der Waals surface area (Å²) in [6.45, 7) is 3.11. The Kier molecular flexibility index (Phi) is 4.22. The molecule has 1 amide bonds. The van der Waals surface area contributed by atoms with Gasteiger partial charge in [-0.2, -0.15) is 0 Å². The SMILES string of the molecule is Cc1ccsc1C(=O)N1C[C@@H](O)[C@H](N2CCC(F)(F)CC2)C1. The van der Waals surface area contributed by atoms with E-state index in [1.54, 1.807) is 4.90 Å². The van der Waals surface area contributed by atoms with Gasteiger partial charge in [0.15, 0.2) is 0 Å². The first kappa shape index (κ1) is 15.8. The molecule has 0 radical (unpaired) electrons. The number of β-amino-alcohol motifs (C(OH)–C–C–N with tert-alkyl or cyclic N) is 1. The molecule has 7 heteroatoms. The summed E-state index contributed by atoms with van der Waals surface area (Å²) in [5.41, 5.74) is 0.936. The summed E-state index contributed by atoms with van der Waals surface area (Å²) >= 11 is 1.40. The molecule has 1 N–H and O–H groups in total. The molecule has 2 atom stereocenters. The van der Waals surface area contributed by atoms with Crippen molar-refractivity contribution in [2.45, 2.75) is 37.8 Å². The molecule has 2 aliphatic heterocycles. The highest BCUT2D eigenvalue weighted by Crippen LogP contribution is 2.31. The van der Waals surface area contributed by atoms with E-state index in [9.17, 15) is 18.7 Å². The molecule has 1 aromatic rings. The van der Waals surface area contributed by atoms with Crippen LogP contribution in [-0.2, 0) is 0 Å². The Hall–Kier alpha value is -1.05. The van der Waals surface area contributed by atoms with Crippen molar-refractivity contribution in [3.05, 3.63) is 21.9 Å². The molecule has 0 saturated carbocycles. The number of piperidine rings is 1. The van der Waals surface area contributed by atoms with Crippen molar-refractivity contribution in [2.24, 2.45) is 0 Å². The van der Waals surface area contributed by atoms with Gasteiger partial charge in [-0.15, -0.1) is 11.3 Å². The molecule has 3 heterocycles. The molecule has 3 rings (SSSR count). The van der Waals surface area contributed by atoms with E-state index >= 15 is 0 Å². The predicted molar refractivity (Wildman–Crippen MR) is 80.5 cm³/mol. The van der Waals surface area contributed by atoms with Crippen LogP contribution in [-0.4, -0.2) is 65.1 Å². The van der Waals surface area contributed by atoms with E-state index in [0.29, 0.717) is 11.4 Å². The standard InChI is InChI=1S/C15H20F2N2O2S/c1-10-2-7-22-13(10)14(21)19-8-11(12(20)9-19)18-5-3-15(16,17)4-6-18/h2,7,11-12,20H,3-6,8-9H2,1H3/t11-,12-/m1/s1. The number of halogens is 2. The van der Waals surface area contributed by atoms with Gasteiger partial charge < -0.3 is 10.0 Å². The number of nitrogens with zero attached hydrogens (tertiary/aromatic N) is 2. The minimum atomic E-state index is -2.59. The highest BCUT2D eigenvalue weighted by Gasteiger charge is 2.42. The quantitative estimate of drug-likeness (QED) is 0.902. The van der Waals surface area contributed by atoms with Crippen LogP contribution in [0.25, 0.3) is 0 Å². The molecule has 4 nitrogen and oxygen atoms in total. The fourth-order valence-corrected chi connectivity index (χ4v) is 4.10. The van der Waals surface area contributed by atoms with Gasteiger partial charge in [0.25, 0.3) is 11.8 Å². The minimum absolute atomic E-state index is 0.0728. The average molecular weight is 330 g/mol. The second-order valence-electron chi connectivity index (χ2n) is 6.17. The lowest BCUT2D eigenvalue weighted by Crippen LogP contribution is -2.49. The van der Waals surface area contributed by atoms with E-state index in [1.807, 2.05) is 23.3 Å². The Balaban J connectivity index is 1.65. The van der Waals surface area contributed by atoms with Gasteiger partial charge in [0.2, 0.25) is 0 Å². The fourth-order valence-electron chi connectivity index (χ4n) is 3.21. The van der Waals surface area contributed by atoms with Gasteiger partial charge in [-0.05, 0) is 23.9 Å². The van der Waals surface area contributed by atoms with Crippen molar-refractivity contribution < 1.29 is 18.7 Å². The van der Waals surface area contributed by atoms with E-state index in [1.165, 1.54) is 11.3 Å². The van der Waals surface area contributed by atoms with Crippen molar-refractivity contribution in [3.8, 4) is 0 Å². The third-order valence-corrected chi connectivity index (χ3v) is 5.61. The monoisotopic (exact) mass is 330 g/mol. The summed E-state index contributed by atoms with van der Waals surface area (Å²) < 4.78 is 26.5. The average Bonchev–Trinajstić information content (AvgIpc) is 3.05. The largest absolute Gasteiger partial charge is 0.390 e. The van der Waals surface area contributed by atoms with E-state index in [4.69, 9.17) is 0 Å². The number of carbonyl (C=O) groups is 1. The molecule has 0 aliphatic carbocycles.